The van der Waals surface area contributed by atoms with Gasteiger partial charge in [0.2, 0.25) is 0 Å². The fourth-order valence-corrected chi connectivity index (χ4v) is 1.99. The number of halogens is 1. The predicted molar refractivity (Wildman–Crippen MR) is 63.2 cm³/mol. The van der Waals surface area contributed by atoms with E-state index in [0.717, 1.165) is 4.88 Å². The molecule has 0 fully saturated rings. The van der Waals surface area contributed by atoms with Crippen LogP contribution in [0.5, 0.6) is 0 Å². The first-order valence-corrected chi connectivity index (χ1v) is 6.08. The molecule has 2 aromatic heterocycles. The first-order valence-electron chi connectivity index (χ1n) is 4.41. The maximum Gasteiger partial charge on any atom is 0.339 e. The number of hydrogen-bond donors (Lipinski definition) is 0. The van der Waals surface area contributed by atoms with E-state index in [1.165, 1.54) is 11.3 Å². The van der Waals surface area contributed by atoms with Crippen LogP contribution >= 0.6 is 27.3 Å². The number of rotatable bonds is 3. The van der Waals surface area contributed by atoms with Gasteiger partial charge in [0, 0.05) is 18.6 Å². The van der Waals surface area contributed by atoms with Crippen molar-refractivity contribution in [2.75, 3.05) is 0 Å². The molecule has 0 aliphatic carbocycles. The molecular weight excluding hydrogens is 292 g/mol. The van der Waals surface area contributed by atoms with Crippen molar-refractivity contribution in [1.29, 1.82) is 0 Å². The van der Waals surface area contributed by atoms with Crippen LogP contribution in [0.4, 0.5) is 0 Å². The zero-order valence-electron chi connectivity index (χ0n) is 8.09. The number of ether oxygens (including phenoxy) is 1. The number of carbonyl (C=O) groups excluding carboxylic acids is 1. The Morgan fingerprint density at radius 3 is 3.00 bits per heavy atom. The van der Waals surface area contributed by atoms with Gasteiger partial charge in [-0.25, -0.2) is 4.79 Å². The first kappa shape index (κ1) is 11.2. The van der Waals surface area contributed by atoms with E-state index in [1.807, 2.05) is 0 Å². The molecule has 0 amide bonds. The van der Waals surface area contributed by atoms with Crippen LogP contribution in [-0.2, 0) is 11.3 Å². The lowest BCUT2D eigenvalue weighted by molar-refractivity contribution is 0.0475. The molecule has 0 saturated heterocycles. The minimum absolute atomic E-state index is 0.248. The lowest BCUT2D eigenvalue weighted by Crippen LogP contribution is -2.05. The molecule has 2 heterocycles. The van der Waals surface area contributed by atoms with Gasteiger partial charge in [0.15, 0.2) is 0 Å². The molecular formula is C10H7BrN2O2S. The standard InChI is InChI=1S/C10H7BrN2O2S/c11-9-4-12-2-1-8(9)10(14)15-5-7-3-13-6-16-7/h1-4,6H,5H2. The van der Waals surface area contributed by atoms with Crippen LogP contribution in [0.3, 0.4) is 0 Å². The second kappa shape index (κ2) is 5.18. The Morgan fingerprint density at radius 1 is 1.44 bits per heavy atom. The van der Waals surface area contributed by atoms with E-state index in [1.54, 1.807) is 30.2 Å². The summed E-state index contributed by atoms with van der Waals surface area (Å²) in [5.41, 5.74) is 2.17. The largest absolute Gasteiger partial charge is 0.456 e. The maximum atomic E-state index is 11.7. The van der Waals surface area contributed by atoms with Gasteiger partial charge in [-0.15, -0.1) is 11.3 Å². The van der Waals surface area contributed by atoms with Gasteiger partial charge in [0.25, 0.3) is 0 Å². The summed E-state index contributed by atoms with van der Waals surface area (Å²) in [5.74, 6) is -0.373. The fraction of sp³-hybridized carbons (Fsp3) is 0.100. The highest BCUT2D eigenvalue weighted by molar-refractivity contribution is 9.10. The highest BCUT2D eigenvalue weighted by Gasteiger charge is 2.11. The molecule has 0 saturated carbocycles. The van der Waals surface area contributed by atoms with Crippen molar-refractivity contribution in [3.05, 3.63) is 45.1 Å². The van der Waals surface area contributed by atoms with E-state index < -0.39 is 0 Å². The van der Waals surface area contributed by atoms with Crippen molar-refractivity contribution in [2.45, 2.75) is 6.61 Å². The summed E-state index contributed by atoms with van der Waals surface area (Å²) >= 11 is 4.69. The summed E-state index contributed by atoms with van der Waals surface area (Å²) in [6, 6.07) is 1.61. The number of pyridine rings is 1. The molecule has 0 aromatic carbocycles. The number of nitrogens with zero attached hydrogens (tertiary/aromatic N) is 2. The maximum absolute atomic E-state index is 11.7. The van der Waals surface area contributed by atoms with Gasteiger partial charge in [-0.05, 0) is 22.0 Å². The summed E-state index contributed by atoms with van der Waals surface area (Å²) in [6.45, 7) is 0.248. The SMILES string of the molecule is O=C(OCc1cncs1)c1ccncc1Br. The van der Waals surface area contributed by atoms with E-state index in [0.29, 0.717) is 10.0 Å². The van der Waals surface area contributed by atoms with Gasteiger partial charge in [0.1, 0.15) is 6.61 Å². The molecule has 2 aromatic rings. The number of esters is 1. The predicted octanol–water partition coefficient (Wildman–Crippen LogP) is 2.66. The second-order valence-electron chi connectivity index (χ2n) is 2.90. The van der Waals surface area contributed by atoms with E-state index in [-0.39, 0.29) is 12.6 Å². The molecule has 0 radical (unpaired) electrons. The third-order valence-corrected chi connectivity index (χ3v) is 3.21. The van der Waals surface area contributed by atoms with Crippen LogP contribution in [0.15, 0.2) is 34.6 Å². The van der Waals surface area contributed by atoms with E-state index in [4.69, 9.17) is 4.74 Å². The average Bonchev–Trinajstić information content (AvgIpc) is 2.79. The van der Waals surface area contributed by atoms with E-state index >= 15 is 0 Å². The zero-order chi connectivity index (χ0) is 11.4. The van der Waals surface area contributed by atoms with Gasteiger partial charge in [-0.1, -0.05) is 0 Å². The Balaban J connectivity index is 2.01. The van der Waals surface area contributed by atoms with Gasteiger partial charge in [-0.3, -0.25) is 9.97 Å². The summed E-state index contributed by atoms with van der Waals surface area (Å²) < 4.78 is 5.76. The summed E-state index contributed by atoms with van der Waals surface area (Å²) in [4.78, 5) is 20.4. The van der Waals surface area contributed by atoms with Crippen molar-refractivity contribution in [2.24, 2.45) is 0 Å². The molecule has 0 aliphatic rings. The van der Waals surface area contributed by atoms with Gasteiger partial charge in [-0.2, -0.15) is 0 Å². The fourth-order valence-electron chi connectivity index (χ4n) is 1.07. The minimum atomic E-state index is -0.373. The Labute approximate surface area is 104 Å². The average molecular weight is 299 g/mol. The minimum Gasteiger partial charge on any atom is -0.456 e. The highest BCUT2D eigenvalue weighted by atomic mass is 79.9. The van der Waals surface area contributed by atoms with Crippen molar-refractivity contribution in [3.8, 4) is 0 Å². The van der Waals surface area contributed by atoms with Crippen LogP contribution in [0.1, 0.15) is 15.2 Å². The molecule has 16 heavy (non-hydrogen) atoms. The Morgan fingerprint density at radius 2 is 2.31 bits per heavy atom. The summed E-state index contributed by atoms with van der Waals surface area (Å²) in [5, 5.41) is 0. The lowest BCUT2D eigenvalue weighted by atomic mass is 10.3. The van der Waals surface area contributed by atoms with Crippen LogP contribution in [0.2, 0.25) is 0 Å². The zero-order valence-corrected chi connectivity index (χ0v) is 10.5. The molecule has 0 unspecified atom stereocenters. The Hall–Kier alpha value is -1.27. The highest BCUT2D eigenvalue weighted by Crippen LogP contribution is 2.16. The quantitative estimate of drug-likeness (QED) is 0.818. The molecule has 2 rings (SSSR count). The monoisotopic (exact) mass is 298 g/mol. The van der Waals surface area contributed by atoms with Crippen molar-refractivity contribution < 1.29 is 9.53 Å². The molecule has 82 valence electrons. The van der Waals surface area contributed by atoms with Crippen molar-refractivity contribution in [1.82, 2.24) is 9.97 Å². The molecule has 0 bridgehead atoms. The van der Waals surface area contributed by atoms with Gasteiger partial charge >= 0.3 is 5.97 Å². The lowest BCUT2D eigenvalue weighted by Gasteiger charge is -2.03. The van der Waals surface area contributed by atoms with E-state index in [2.05, 4.69) is 25.9 Å². The first-order chi connectivity index (χ1) is 7.77. The third-order valence-electron chi connectivity index (χ3n) is 1.82. The molecule has 0 atom stereocenters. The number of thiazole rings is 1. The molecule has 6 heteroatoms. The smallest absolute Gasteiger partial charge is 0.339 e. The third kappa shape index (κ3) is 2.65. The Kier molecular flexibility index (Phi) is 3.63. The van der Waals surface area contributed by atoms with Crippen molar-refractivity contribution >= 4 is 33.2 Å². The second-order valence-corrected chi connectivity index (χ2v) is 4.72. The molecule has 4 nitrogen and oxygen atoms in total. The molecule has 0 N–H and O–H groups in total. The Bertz CT molecular complexity index is 487. The summed E-state index contributed by atoms with van der Waals surface area (Å²) in [7, 11) is 0. The normalized spacial score (nSPS) is 10.1. The van der Waals surface area contributed by atoms with Gasteiger partial charge in [0.05, 0.1) is 20.4 Å². The number of hydrogen-bond acceptors (Lipinski definition) is 5. The molecule has 0 spiro atoms. The number of aromatic nitrogens is 2. The topological polar surface area (TPSA) is 52.1 Å². The van der Waals surface area contributed by atoms with E-state index in [9.17, 15) is 4.79 Å². The van der Waals surface area contributed by atoms with Gasteiger partial charge < -0.3 is 4.74 Å². The molecule has 0 aliphatic heterocycles. The van der Waals surface area contributed by atoms with Crippen molar-refractivity contribution in [3.63, 3.8) is 0 Å². The van der Waals surface area contributed by atoms with Crippen LogP contribution in [0, 0.1) is 0 Å². The van der Waals surface area contributed by atoms with Crippen LogP contribution < -0.4 is 0 Å². The summed E-state index contributed by atoms with van der Waals surface area (Å²) in [6.07, 6.45) is 4.79. The van der Waals surface area contributed by atoms with Crippen LogP contribution in [-0.4, -0.2) is 15.9 Å². The van der Waals surface area contributed by atoms with Crippen LogP contribution in [0.25, 0.3) is 0 Å². The number of carbonyl (C=O) groups is 1.